The Balaban J connectivity index is 2.94. The van der Waals surface area contributed by atoms with Gasteiger partial charge in [-0.15, -0.1) is 0 Å². The Kier molecular flexibility index (Phi) is 5.84. The molecule has 0 aromatic heterocycles. The number of aliphatic hydroxyl groups excluding tert-OH is 1. The summed E-state index contributed by atoms with van der Waals surface area (Å²) in [6.45, 7) is 7.14. The number of rotatable bonds is 7. The molecule has 3 nitrogen and oxygen atoms in total. The van der Waals surface area contributed by atoms with Gasteiger partial charge in [-0.25, -0.2) is 0 Å². The third-order valence-electron chi connectivity index (χ3n) is 2.52. The van der Waals surface area contributed by atoms with Gasteiger partial charge in [0, 0.05) is 11.6 Å². The highest BCUT2D eigenvalue weighted by Gasteiger charge is 2.13. The Morgan fingerprint density at radius 1 is 1.12 bits per heavy atom. The molecule has 1 rings (SSSR count). The summed E-state index contributed by atoms with van der Waals surface area (Å²) in [5.74, 6) is 1.50. The fourth-order valence-electron chi connectivity index (χ4n) is 1.76. The van der Waals surface area contributed by atoms with E-state index in [1.165, 1.54) is 0 Å². The molecule has 1 aromatic carbocycles. The van der Waals surface area contributed by atoms with E-state index >= 15 is 0 Å². The van der Waals surface area contributed by atoms with Crippen molar-refractivity contribution >= 4 is 0 Å². The van der Waals surface area contributed by atoms with E-state index < -0.39 is 6.10 Å². The Hall–Kier alpha value is -1.22. The molecule has 0 heterocycles. The predicted molar refractivity (Wildman–Crippen MR) is 68.6 cm³/mol. The lowest BCUT2D eigenvalue weighted by atomic mass is 10.0. The molecule has 1 N–H and O–H groups in total. The molecule has 0 fully saturated rings. The molecule has 0 saturated carbocycles. The topological polar surface area (TPSA) is 38.7 Å². The molecule has 96 valence electrons. The fourth-order valence-corrected chi connectivity index (χ4v) is 1.76. The van der Waals surface area contributed by atoms with Gasteiger partial charge in [0.2, 0.25) is 0 Å². The van der Waals surface area contributed by atoms with E-state index in [0.717, 1.165) is 29.9 Å². The molecule has 0 bridgehead atoms. The van der Waals surface area contributed by atoms with Gasteiger partial charge >= 0.3 is 0 Å². The quantitative estimate of drug-likeness (QED) is 0.792. The van der Waals surface area contributed by atoms with Crippen LogP contribution in [0, 0.1) is 0 Å². The maximum Gasteiger partial charge on any atom is 0.128 e. The molecule has 0 aliphatic carbocycles. The minimum Gasteiger partial charge on any atom is -0.494 e. The van der Waals surface area contributed by atoms with E-state index in [9.17, 15) is 5.11 Å². The van der Waals surface area contributed by atoms with Crippen LogP contribution in [-0.2, 0) is 0 Å². The van der Waals surface area contributed by atoms with Gasteiger partial charge in [0.05, 0.1) is 19.3 Å². The second-order valence-corrected chi connectivity index (χ2v) is 3.87. The summed E-state index contributed by atoms with van der Waals surface area (Å²) in [5, 5.41) is 10.0. The molecule has 17 heavy (non-hydrogen) atoms. The van der Waals surface area contributed by atoms with Crippen LogP contribution in [0.15, 0.2) is 18.2 Å². The van der Waals surface area contributed by atoms with Crippen molar-refractivity contribution in [2.75, 3.05) is 13.2 Å². The first-order valence-electron chi connectivity index (χ1n) is 6.30. The first-order chi connectivity index (χ1) is 8.22. The molecule has 0 aliphatic heterocycles. The first kappa shape index (κ1) is 13.8. The van der Waals surface area contributed by atoms with Crippen molar-refractivity contribution in [3.63, 3.8) is 0 Å². The van der Waals surface area contributed by atoms with Crippen LogP contribution < -0.4 is 9.47 Å². The van der Waals surface area contributed by atoms with Crippen molar-refractivity contribution in [2.24, 2.45) is 0 Å². The van der Waals surface area contributed by atoms with Crippen molar-refractivity contribution in [1.29, 1.82) is 0 Å². The molecule has 3 heteroatoms. The van der Waals surface area contributed by atoms with Crippen molar-refractivity contribution in [2.45, 2.75) is 39.7 Å². The Labute approximate surface area is 103 Å². The largest absolute Gasteiger partial charge is 0.494 e. The van der Waals surface area contributed by atoms with E-state index in [1.807, 2.05) is 32.0 Å². The maximum absolute atomic E-state index is 10.0. The summed E-state index contributed by atoms with van der Waals surface area (Å²) in [6.07, 6.45) is 1.23. The lowest BCUT2D eigenvalue weighted by molar-refractivity contribution is 0.160. The monoisotopic (exact) mass is 238 g/mol. The summed E-state index contributed by atoms with van der Waals surface area (Å²) in [4.78, 5) is 0. The minimum atomic E-state index is -0.461. The van der Waals surface area contributed by atoms with Crippen LogP contribution >= 0.6 is 0 Å². The minimum absolute atomic E-state index is 0.461. The molecule has 0 spiro atoms. The lowest BCUT2D eigenvalue weighted by Gasteiger charge is -2.16. The van der Waals surface area contributed by atoms with Crippen LogP contribution in [0.25, 0.3) is 0 Å². The standard InChI is InChI=1S/C14H22O3/c1-4-7-13(15)12-9-8-11(16-5-2)10-14(12)17-6-3/h8-10,13,15H,4-7H2,1-3H3. The van der Waals surface area contributed by atoms with Gasteiger partial charge < -0.3 is 14.6 Å². The van der Waals surface area contributed by atoms with Gasteiger partial charge in [0.25, 0.3) is 0 Å². The Bertz CT molecular complexity index is 336. The summed E-state index contributed by atoms with van der Waals surface area (Å²) < 4.78 is 11.0. The number of benzene rings is 1. The van der Waals surface area contributed by atoms with Crippen LogP contribution in [0.1, 0.15) is 45.3 Å². The summed E-state index contributed by atoms with van der Waals surface area (Å²) in [6, 6.07) is 5.61. The Morgan fingerprint density at radius 2 is 1.82 bits per heavy atom. The summed E-state index contributed by atoms with van der Waals surface area (Å²) in [7, 11) is 0. The third kappa shape index (κ3) is 3.93. The zero-order valence-corrected chi connectivity index (χ0v) is 10.9. The fraction of sp³-hybridized carbons (Fsp3) is 0.571. The van der Waals surface area contributed by atoms with Crippen molar-refractivity contribution in [3.8, 4) is 11.5 Å². The molecule has 1 atom stereocenters. The second-order valence-electron chi connectivity index (χ2n) is 3.87. The van der Waals surface area contributed by atoms with E-state index in [1.54, 1.807) is 0 Å². The predicted octanol–water partition coefficient (Wildman–Crippen LogP) is 3.32. The van der Waals surface area contributed by atoms with Crippen molar-refractivity contribution in [3.05, 3.63) is 23.8 Å². The first-order valence-corrected chi connectivity index (χ1v) is 6.30. The van der Waals surface area contributed by atoms with E-state index in [0.29, 0.717) is 13.2 Å². The molecule has 0 aliphatic rings. The van der Waals surface area contributed by atoms with E-state index in [-0.39, 0.29) is 0 Å². The molecular formula is C14H22O3. The molecule has 0 saturated heterocycles. The van der Waals surface area contributed by atoms with Gasteiger partial charge in [-0.05, 0) is 32.4 Å². The normalized spacial score (nSPS) is 12.2. The molecule has 1 aromatic rings. The Morgan fingerprint density at radius 3 is 2.41 bits per heavy atom. The number of hydrogen-bond acceptors (Lipinski definition) is 3. The van der Waals surface area contributed by atoms with Crippen LogP contribution in [-0.4, -0.2) is 18.3 Å². The number of hydrogen-bond donors (Lipinski definition) is 1. The molecular weight excluding hydrogens is 216 g/mol. The van der Waals surface area contributed by atoms with Crippen molar-refractivity contribution < 1.29 is 14.6 Å². The van der Waals surface area contributed by atoms with Crippen molar-refractivity contribution in [1.82, 2.24) is 0 Å². The lowest BCUT2D eigenvalue weighted by Crippen LogP contribution is -2.03. The average Bonchev–Trinajstić information content (AvgIpc) is 2.30. The van der Waals surface area contributed by atoms with Gasteiger partial charge in [-0.3, -0.25) is 0 Å². The van der Waals surface area contributed by atoms with Crippen LogP contribution in [0.4, 0.5) is 0 Å². The second kappa shape index (κ2) is 7.17. The smallest absolute Gasteiger partial charge is 0.128 e. The molecule has 0 amide bonds. The number of ether oxygens (including phenoxy) is 2. The van der Waals surface area contributed by atoms with Crippen LogP contribution in [0.3, 0.4) is 0 Å². The molecule has 0 radical (unpaired) electrons. The van der Waals surface area contributed by atoms with Gasteiger partial charge in [0.1, 0.15) is 11.5 Å². The van der Waals surface area contributed by atoms with Gasteiger partial charge in [-0.2, -0.15) is 0 Å². The maximum atomic E-state index is 10.0. The van der Waals surface area contributed by atoms with Crippen LogP contribution in [0.5, 0.6) is 11.5 Å². The zero-order chi connectivity index (χ0) is 12.7. The average molecular weight is 238 g/mol. The number of aliphatic hydroxyl groups is 1. The highest BCUT2D eigenvalue weighted by Crippen LogP contribution is 2.31. The SMILES string of the molecule is CCCC(O)c1ccc(OCC)cc1OCC. The van der Waals surface area contributed by atoms with Crippen LogP contribution in [0.2, 0.25) is 0 Å². The van der Waals surface area contributed by atoms with Gasteiger partial charge in [-0.1, -0.05) is 13.3 Å². The highest BCUT2D eigenvalue weighted by molar-refractivity contribution is 5.42. The summed E-state index contributed by atoms with van der Waals surface area (Å²) in [5.41, 5.74) is 0.845. The summed E-state index contributed by atoms with van der Waals surface area (Å²) >= 11 is 0. The van der Waals surface area contributed by atoms with Gasteiger partial charge in [0.15, 0.2) is 0 Å². The van der Waals surface area contributed by atoms with E-state index in [4.69, 9.17) is 9.47 Å². The zero-order valence-electron chi connectivity index (χ0n) is 10.9. The molecule has 1 unspecified atom stereocenters. The third-order valence-corrected chi connectivity index (χ3v) is 2.52. The highest BCUT2D eigenvalue weighted by atomic mass is 16.5. The van der Waals surface area contributed by atoms with E-state index in [2.05, 4.69) is 6.92 Å².